The molecular formula is C15H17ClN4OS. The van der Waals surface area contributed by atoms with E-state index in [1.54, 1.807) is 12.4 Å². The van der Waals surface area contributed by atoms with Gasteiger partial charge in [-0.1, -0.05) is 11.6 Å². The molecule has 0 radical (unpaired) electrons. The zero-order chi connectivity index (χ0) is 15.2. The number of hydrogen-bond donors (Lipinski definition) is 2. The second-order valence-corrected chi connectivity index (χ2v) is 7.54. The monoisotopic (exact) mass is 336 g/mol. The van der Waals surface area contributed by atoms with Gasteiger partial charge in [0.1, 0.15) is 0 Å². The Hall–Kier alpha value is -1.37. The molecule has 22 heavy (non-hydrogen) atoms. The van der Waals surface area contributed by atoms with Gasteiger partial charge in [0.05, 0.1) is 26.8 Å². The number of thiophene rings is 1. The molecule has 1 amide bonds. The summed E-state index contributed by atoms with van der Waals surface area (Å²) in [6.07, 6.45) is 4.38. The molecule has 2 aromatic heterocycles. The number of amides is 1. The molecule has 5 nitrogen and oxygen atoms in total. The van der Waals surface area contributed by atoms with E-state index < -0.39 is 0 Å². The Labute approximate surface area is 137 Å². The molecule has 2 N–H and O–H groups in total. The number of hydrogen-bond acceptors (Lipinski definition) is 4. The number of nitrogens with zero attached hydrogens (tertiary/aromatic N) is 2. The predicted octanol–water partition coefficient (Wildman–Crippen LogP) is 2.40. The van der Waals surface area contributed by atoms with E-state index in [9.17, 15) is 4.79 Å². The van der Waals surface area contributed by atoms with Crippen LogP contribution in [0.2, 0.25) is 4.34 Å². The van der Waals surface area contributed by atoms with Crippen molar-refractivity contribution in [3.63, 3.8) is 0 Å². The van der Waals surface area contributed by atoms with E-state index in [1.165, 1.54) is 17.0 Å². The van der Waals surface area contributed by atoms with Crippen molar-refractivity contribution in [2.45, 2.75) is 24.8 Å². The molecule has 0 saturated carbocycles. The molecule has 4 heterocycles. The molecule has 1 spiro atoms. The molecule has 0 aromatic carbocycles. The summed E-state index contributed by atoms with van der Waals surface area (Å²) in [5.41, 5.74) is 1.94. The highest BCUT2D eigenvalue weighted by Gasteiger charge is 2.47. The quantitative estimate of drug-likeness (QED) is 0.840. The lowest BCUT2D eigenvalue weighted by Crippen LogP contribution is -2.57. The number of imidazole rings is 1. The van der Waals surface area contributed by atoms with E-state index in [4.69, 9.17) is 11.6 Å². The van der Waals surface area contributed by atoms with Crippen molar-refractivity contribution in [2.75, 3.05) is 19.6 Å². The number of carbonyl (C=O) groups is 1. The summed E-state index contributed by atoms with van der Waals surface area (Å²) >= 11 is 7.36. The summed E-state index contributed by atoms with van der Waals surface area (Å²) in [4.78, 5) is 23.6. The lowest BCUT2D eigenvalue weighted by atomic mass is 9.79. The molecule has 0 aliphatic carbocycles. The lowest BCUT2D eigenvalue weighted by Gasteiger charge is -2.48. The summed E-state index contributed by atoms with van der Waals surface area (Å²) in [5, 5.41) is 3.39. The summed E-state index contributed by atoms with van der Waals surface area (Å²) in [6.45, 7) is 2.53. The van der Waals surface area contributed by atoms with Gasteiger partial charge in [0.15, 0.2) is 0 Å². The summed E-state index contributed by atoms with van der Waals surface area (Å²) in [6, 6.07) is 3.61. The van der Waals surface area contributed by atoms with Gasteiger partial charge in [0, 0.05) is 18.7 Å². The van der Waals surface area contributed by atoms with Crippen LogP contribution in [-0.4, -0.2) is 40.4 Å². The second-order valence-electron chi connectivity index (χ2n) is 5.82. The van der Waals surface area contributed by atoms with Crippen molar-refractivity contribution in [2.24, 2.45) is 0 Å². The fraction of sp³-hybridized carbons (Fsp3) is 0.467. The fourth-order valence-corrected chi connectivity index (χ4v) is 4.68. The molecule has 116 valence electrons. The van der Waals surface area contributed by atoms with E-state index in [2.05, 4.69) is 15.3 Å². The molecule has 0 bridgehead atoms. The molecule has 0 atom stereocenters. The first-order valence-electron chi connectivity index (χ1n) is 7.51. The summed E-state index contributed by atoms with van der Waals surface area (Å²) < 4.78 is 0.653. The minimum absolute atomic E-state index is 0.0763. The molecule has 2 aromatic rings. The maximum Gasteiger partial charge on any atom is 0.264 e. The van der Waals surface area contributed by atoms with Gasteiger partial charge in [0.25, 0.3) is 5.91 Å². The van der Waals surface area contributed by atoms with Crippen LogP contribution < -0.4 is 5.32 Å². The molecule has 2 aliphatic rings. The Morgan fingerprint density at radius 1 is 1.36 bits per heavy atom. The third-order valence-electron chi connectivity index (χ3n) is 4.72. The van der Waals surface area contributed by atoms with Crippen LogP contribution in [0, 0.1) is 0 Å². The SMILES string of the molecule is O=C(c1ccc(Cl)s1)N1CCc2[nH]cnc2C12CCNCC2. The van der Waals surface area contributed by atoms with Gasteiger partial charge in [-0.2, -0.15) is 0 Å². The average molecular weight is 337 g/mol. The fourth-order valence-electron chi connectivity index (χ4n) is 3.68. The van der Waals surface area contributed by atoms with Crippen molar-refractivity contribution in [3.8, 4) is 0 Å². The number of fused-ring (bicyclic) bond motifs is 2. The minimum atomic E-state index is -0.285. The molecule has 0 unspecified atom stereocenters. The number of H-pyrrole nitrogens is 1. The summed E-state index contributed by atoms with van der Waals surface area (Å²) in [5.74, 6) is 0.0763. The third kappa shape index (κ3) is 2.09. The van der Waals surface area contributed by atoms with Gasteiger partial charge in [-0.3, -0.25) is 4.79 Å². The van der Waals surface area contributed by atoms with Gasteiger partial charge >= 0.3 is 0 Å². The first kappa shape index (κ1) is 14.2. The molecule has 7 heteroatoms. The van der Waals surface area contributed by atoms with Crippen LogP contribution in [-0.2, 0) is 12.0 Å². The number of piperidine rings is 1. The number of carbonyl (C=O) groups excluding carboxylic acids is 1. The lowest BCUT2D eigenvalue weighted by molar-refractivity contribution is 0.0282. The van der Waals surface area contributed by atoms with Crippen LogP contribution in [0.3, 0.4) is 0 Å². The molecular weight excluding hydrogens is 320 g/mol. The average Bonchev–Trinajstić information content (AvgIpc) is 3.17. The molecule has 1 saturated heterocycles. The van der Waals surface area contributed by atoms with Crippen molar-refractivity contribution < 1.29 is 4.79 Å². The molecule has 2 aliphatic heterocycles. The zero-order valence-corrected chi connectivity index (χ0v) is 13.6. The number of rotatable bonds is 1. The summed E-state index contributed by atoms with van der Waals surface area (Å²) in [7, 11) is 0. The van der Waals surface area contributed by atoms with Crippen LogP contribution in [0.1, 0.15) is 33.9 Å². The van der Waals surface area contributed by atoms with Crippen molar-refractivity contribution in [1.82, 2.24) is 20.2 Å². The Kier molecular flexibility index (Phi) is 3.47. The highest BCUT2D eigenvalue weighted by Crippen LogP contribution is 2.42. The van der Waals surface area contributed by atoms with Gasteiger partial charge < -0.3 is 15.2 Å². The normalized spacial score (nSPS) is 20.1. The highest BCUT2D eigenvalue weighted by molar-refractivity contribution is 7.17. The zero-order valence-electron chi connectivity index (χ0n) is 12.1. The molecule has 4 rings (SSSR count). The van der Waals surface area contributed by atoms with Gasteiger partial charge in [-0.25, -0.2) is 4.98 Å². The van der Waals surface area contributed by atoms with E-state index in [0.29, 0.717) is 9.21 Å². The topological polar surface area (TPSA) is 61.0 Å². The third-order valence-corrected chi connectivity index (χ3v) is 5.94. The van der Waals surface area contributed by atoms with Crippen LogP contribution in [0.15, 0.2) is 18.5 Å². The Bertz CT molecular complexity index is 704. The Morgan fingerprint density at radius 2 is 2.18 bits per heavy atom. The van der Waals surface area contributed by atoms with Gasteiger partial charge in [0.2, 0.25) is 0 Å². The second kappa shape index (κ2) is 5.37. The smallest absolute Gasteiger partial charge is 0.264 e. The van der Waals surface area contributed by atoms with Crippen molar-refractivity contribution >= 4 is 28.8 Å². The van der Waals surface area contributed by atoms with Crippen LogP contribution in [0.25, 0.3) is 0 Å². The van der Waals surface area contributed by atoms with E-state index in [0.717, 1.165) is 44.6 Å². The van der Waals surface area contributed by atoms with Crippen LogP contribution in [0.5, 0.6) is 0 Å². The van der Waals surface area contributed by atoms with Crippen molar-refractivity contribution in [1.29, 1.82) is 0 Å². The first-order chi connectivity index (χ1) is 10.7. The molecule has 1 fully saturated rings. The largest absolute Gasteiger partial charge is 0.348 e. The Morgan fingerprint density at radius 3 is 2.91 bits per heavy atom. The predicted molar refractivity (Wildman–Crippen MR) is 86.4 cm³/mol. The number of halogens is 1. The standard InChI is InChI=1S/C15H17ClN4OS/c16-12-2-1-11(22-12)14(21)20-8-3-10-13(19-9-18-10)15(20)4-6-17-7-5-15/h1-2,9,17H,3-8H2,(H,18,19). The van der Waals surface area contributed by atoms with Crippen molar-refractivity contribution in [3.05, 3.63) is 39.1 Å². The van der Waals surface area contributed by atoms with Crippen LogP contribution >= 0.6 is 22.9 Å². The first-order valence-corrected chi connectivity index (χ1v) is 8.71. The van der Waals surface area contributed by atoms with E-state index in [-0.39, 0.29) is 11.4 Å². The minimum Gasteiger partial charge on any atom is -0.348 e. The van der Waals surface area contributed by atoms with Gasteiger partial charge in [-0.05, 0) is 38.1 Å². The maximum atomic E-state index is 13.0. The van der Waals surface area contributed by atoms with Crippen LogP contribution in [0.4, 0.5) is 0 Å². The van der Waals surface area contributed by atoms with Gasteiger partial charge in [-0.15, -0.1) is 11.3 Å². The Balaban J connectivity index is 1.76. The number of aromatic amines is 1. The highest BCUT2D eigenvalue weighted by atomic mass is 35.5. The number of nitrogens with one attached hydrogen (secondary N) is 2. The maximum absolute atomic E-state index is 13.0. The van der Waals surface area contributed by atoms with E-state index >= 15 is 0 Å². The van der Waals surface area contributed by atoms with E-state index in [1.807, 2.05) is 11.0 Å². The number of aromatic nitrogens is 2.